The fourth-order valence-electron chi connectivity index (χ4n) is 6.11. The lowest BCUT2D eigenvalue weighted by atomic mass is 9.84. The first-order valence-electron chi connectivity index (χ1n) is 9.56. The molecule has 0 bridgehead atoms. The van der Waals surface area contributed by atoms with Gasteiger partial charge >= 0.3 is 11.9 Å². The molecule has 0 spiro atoms. The van der Waals surface area contributed by atoms with Crippen molar-refractivity contribution in [3.05, 3.63) is 47.0 Å². The number of anilines is 1. The van der Waals surface area contributed by atoms with E-state index in [1.165, 1.54) is 6.07 Å². The van der Waals surface area contributed by atoms with Crippen LogP contribution in [0.15, 0.2) is 35.2 Å². The Labute approximate surface area is 172 Å². The van der Waals surface area contributed by atoms with Gasteiger partial charge in [0.25, 0.3) is 10.1 Å². The van der Waals surface area contributed by atoms with Crippen molar-refractivity contribution in [3.8, 4) is 11.1 Å². The first-order chi connectivity index (χ1) is 14.1. The van der Waals surface area contributed by atoms with E-state index < -0.39 is 50.1 Å². The minimum atomic E-state index is -4.72. The van der Waals surface area contributed by atoms with Gasteiger partial charge < -0.3 is 15.9 Å². The molecule has 9 heteroatoms. The van der Waals surface area contributed by atoms with Gasteiger partial charge in [-0.05, 0) is 53.5 Å². The standard InChI is InChI=1S/C21H19NO7S/c22-13-8-14(30(27,28)29)16(12-7-9-3-1-2-4-10(9)15(12)13)21-6-5-11(19(23)24)17(21)18(21)20(25)26/h1-4,8,11,17-18H,5-7,22H2,(H,23,24)(H,25,26)(H,27,28,29). The Bertz CT molecular complexity index is 1250. The second-order valence-electron chi connectivity index (χ2n) is 8.37. The summed E-state index contributed by atoms with van der Waals surface area (Å²) in [5.74, 6) is -4.88. The number of nitrogens with two attached hydrogens (primary N) is 1. The Morgan fingerprint density at radius 1 is 1.13 bits per heavy atom. The Balaban J connectivity index is 1.83. The van der Waals surface area contributed by atoms with Crippen LogP contribution in [0.3, 0.4) is 0 Å². The molecular formula is C21H19NO7S. The van der Waals surface area contributed by atoms with Crippen molar-refractivity contribution in [2.24, 2.45) is 17.8 Å². The summed E-state index contributed by atoms with van der Waals surface area (Å²) in [6.45, 7) is 0. The van der Waals surface area contributed by atoms with Gasteiger partial charge in [0.15, 0.2) is 0 Å². The van der Waals surface area contributed by atoms with E-state index in [0.29, 0.717) is 17.5 Å². The fourth-order valence-corrected chi connectivity index (χ4v) is 6.95. The number of carboxylic acids is 2. The monoisotopic (exact) mass is 429 g/mol. The molecule has 0 heterocycles. The van der Waals surface area contributed by atoms with E-state index in [2.05, 4.69) is 0 Å². The number of aliphatic carboxylic acids is 2. The van der Waals surface area contributed by atoms with E-state index in [1.807, 2.05) is 24.3 Å². The molecule has 0 aliphatic heterocycles. The van der Waals surface area contributed by atoms with Gasteiger partial charge in [0.05, 0.1) is 11.8 Å². The predicted molar refractivity (Wildman–Crippen MR) is 106 cm³/mol. The summed E-state index contributed by atoms with van der Waals surface area (Å²) in [7, 11) is -4.72. The van der Waals surface area contributed by atoms with Crippen molar-refractivity contribution in [1.29, 1.82) is 0 Å². The molecule has 3 aliphatic rings. The summed E-state index contributed by atoms with van der Waals surface area (Å²) < 4.78 is 34.6. The highest BCUT2D eigenvalue weighted by molar-refractivity contribution is 7.85. The second kappa shape index (κ2) is 5.83. The summed E-state index contributed by atoms with van der Waals surface area (Å²) in [4.78, 5) is 23.4. The third kappa shape index (κ3) is 2.27. The first-order valence-corrected chi connectivity index (χ1v) is 11.0. The second-order valence-corrected chi connectivity index (χ2v) is 9.76. The zero-order chi connectivity index (χ0) is 21.6. The number of hydrogen-bond donors (Lipinski definition) is 4. The lowest BCUT2D eigenvalue weighted by molar-refractivity contribution is -0.143. The first kappa shape index (κ1) is 19.1. The van der Waals surface area contributed by atoms with Crippen molar-refractivity contribution in [1.82, 2.24) is 0 Å². The summed E-state index contributed by atoms with van der Waals surface area (Å²) in [5.41, 5.74) is 8.41. The van der Waals surface area contributed by atoms with Crippen LogP contribution in [0, 0.1) is 17.8 Å². The fraction of sp³-hybridized carbons (Fsp3) is 0.333. The lowest BCUT2D eigenvalue weighted by Gasteiger charge is -2.23. The maximum absolute atomic E-state index is 12.3. The summed E-state index contributed by atoms with van der Waals surface area (Å²) in [6.07, 6.45) is 0.814. The van der Waals surface area contributed by atoms with E-state index >= 15 is 0 Å². The molecule has 2 aromatic rings. The third-order valence-electron chi connectivity index (χ3n) is 7.11. The Morgan fingerprint density at radius 2 is 1.83 bits per heavy atom. The molecule has 156 valence electrons. The number of hydrogen-bond acceptors (Lipinski definition) is 5. The number of benzene rings is 2. The summed E-state index contributed by atoms with van der Waals surface area (Å²) in [6, 6.07) is 8.61. The largest absolute Gasteiger partial charge is 0.481 e. The minimum Gasteiger partial charge on any atom is -0.481 e. The van der Waals surface area contributed by atoms with Crippen LogP contribution in [-0.4, -0.2) is 35.1 Å². The van der Waals surface area contributed by atoms with Gasteiger partial charge in [-0.1, -0.05) is 24.3 Å². The molecule has 30 heavy (non-hydrogen) atoms. The highest BCUT2D eigenvalue weighted by Crippen LogP contribution is 2.73. The summed E-state index contributed by atoms with van der Waals surface area (Å²) >= 11 is 0. The Kier molecular flexibility index (Phi) is 3.71. The molecule has 0 amide bonds. The molecule has 2 aromatic carbocycles. The average Bonchev–Trinajstić information content (AvgIpc) is 2.96. The van der Waals surface area contributed by atoms with Gasteiger partial charge in [-0.2, -0.15) is 8.42 Å². The van der Waals surface area contributed by atoms with E-state index in [1.54, 1.807) is 0 Å². The average molecular weight is 429 g/mol. The topological polar surface area (TPSA) is 155 Å². The van der Waals surface area contributed by atoms with E-state index in [0.717, 1.165) is 11.1 Å². The highest BCUT2D eigenvalue weighted by Gasteiger charge is 2.76. The van der Waals surface area contributed by atoms with Crippen molar-refractivity contribution in [2.45, 2.75) is 29.6 Å². The Hall–Kier alpha value is -2.91. The van der Waals surface area contributed by atoms with Gasteiger partial charge in [-0.25, -0.2) is 0 Å². The number of rotatable bonds is 4. The van der Waals surface area contributed by atoms with Crippen LogP contribution < -0.4 is 5.73 Å². The number of carboxylic acid groups (broad SMARTS) is 2. The minimum absolute atomic E-state index is 0.180. The zero-order valence-corrected chi connectivity index (χ0v) is 16.5. The maximum atomic E-state index is 12.3. The van der Waals surface area contributed by atoms with Gasteiger partial charge in [-0.15, -0.1) is 0 Å². The molecule has 8 nitrogen and oxygen atoms in total. The highest BCUT2D eigenvalue weighted by atomic mass is 32.2. The molecule has 0 aromatic heterocycles. The van der Waals surface area contributed by atoms with Crippen LogP contribution >= 0.6 is 0 Å². The molecule has 3 aliphatic carbocycles. The molecule has 5 rings (SSSR count). The molecule has 4 unspecified atom stereocenters. The summed E-state index contributed by atoms with van der Waals surface area (Å²) in [5, 5.41) is 19.4. The lowest BCUT2D eigenvalue weighted by Crippen LogP contribution is -2.21. The molecule has 2 saturated carbocycles. The van der Waals surface area contributed by atoms with E-state index in [9.17, 15) is 32.8 Å². The van der Waals surface area contributed by atoms with Crippen LogP contribution in [0.2, 0.25) is 0 Å². The van der Waals surface area contributed by atoms with Crippen LogP contribution in [0.1, 0.15) is 29.5 Å². The van der Waals surface area contributed by atoms with Crippen LogP contribution in [-0.2, 0) is 31.5 Å². The molecule has 0 saturated heterocycles. The zero-order valence-electron chi connectivity index (χ0n) is 15.7. The smallest absolute Gasteiger partial charge is 0.307 e. The van der Waals surface area contributed by atoms with Gasteiger partial charge in [0, 0.05) is 16.7 Å². The van der Waals surface area contributed by atoms with Crippen LogP contribution in [0.5, 0.6) is 0 Å². The predicted octanol–water partition coefficient (Wildman–Crippen LogP) is 2.15. The van der Waals surface area contributed by atoms with Crippen LogP contribution in [0.25, 0.3) is 11.1 Å². The molecule has 4 atom stereocenters. The Morgan fingerprint density at radius 3 is 2.47 bits per heavy atom. The molecular weight excluding hydrogens is 410 g/mol. The van der Waals surface area contributed by atoms with Crippen molar-refractivity contribution in [3.63, 3.8) is 0 Å². The molecule has 5 N–H and O–H groups in total. The molecule has 0 radical (unpaired) electrons. The van der Waals surface area contributed by atoms with E-state index in [4.69, 9.17) is 5.73 Å². The van der Waals surface area contributed by atoms with Gasteiger partial charge in [0.1, 0.15) is 4.90 Å². The van der Waals surface area contributed by atoms with Crippen LogP contribution in [0.4, 0.5) is 5.69 Å². The van der Waals surface area contributed by atoms with Gasteiger partial charge in [-0.3, -0.25) is 14.1 Å². The number of fused-ring (bicyclic) bond motifs is 4. The number of carbonyl (C=O) groups is 2. The molecule has 2 fully saturated rings. The number of nitrogen functional groups attached to an aromatic ring is 1. The van der Waals surface area contributed by atoms with Crippen molar-refractivity contribution in [2.75, 3.05) is 5.73 Å². The van der Waals surface area contributed by atoms with E-state index in [-0.39, 0.29) is 24.1 Å². The SMILES string of the molecule is Nc1cc(S(=O)(=O)O)c(C23CCC(C(=O)O)C2C3C(=O)O)c2c1-c1ccccc1C2. The maximum Gasteiger partial charge on any atom is 0.307 e. The van der Waals surface area contributed by atoms with Crippen molar-refractivity contribution < 1.29 is 32.8 Å². The third-order valence-corrected chi connectivity index (χ3v) is 7.99. The van der Waals surface area contributed by atoms with Gasteiger partial charge in [0.2, 0.25) is 0 Å². The van der Waals surface area contributed by atoms with Crippen molar-refractivity contribution >= 4 is 27.7 Å². The quantitative estimate of drug-likeness (QED) is 0.363. The normalized spacial score (nSPS) is 28.5.